The fourth-order valence-corrected chi connectivity index (χ4v) is 0.632. The van der Waals surface area contributed by atoms with E-state index in [1.807, 2.05) is 0 Å². The fraction of sp³-hybridized carbons (Fsp3) is 0.778. The van der Waals surface area contributed by atoms with Crippen molar-refractivity contribution in [1.82, 2.24) is 0 Å². The molecule has 0 fully saturated rings. The highest BCUT2D eigenvalue weighted by atomic mass is 16.4. The van der Waals surface area contributed by atoms with Crippen LogP contribution in [0, 0.1) is 0 Å². The predicted molar refractivity (Wildman–Crippen MR) is 62.9 cm³/mol. The molecule has 1 unspecified atom stereocenters. The third-order valence-corrected chi connectivity index (χ3v) is 1.75. The maximum absolute atomic E-state index is 10.1. The summed E-state index contributed by atoms with van der Waals surface area (Å²) in [5.74, 6) is -2.13. The third-order valence-electron chi connectivity index (χ3n) is 1.75. The Morgan fingerprint density at radius 3 is 1.88 bits per heavy atom. The first-order valence-corrected chi connectivity index (χ1v) is 5.12. The molecule has 8 heteroatoms. The minimum absolute atomic E-state index is 0.520. The van der Waals surface area contributed by atoms with Gasteiger partial charge in [0.1, 0.15) is 6.04 Å². The third kappa shape index (κ3) is 12.7. The number of rotatable bonds is 6. The average molecular weight is 250 g/mol. The highest BCUT2D eigenvalue weighted by Crippen LogP contribution is 1.96. The number of unbranched alkanes of at least 4 members (excludes halogenated alkanes) is 1. The number of carboxylic acid groups (broad SMARTS) is 2. The summed E-state index contributed by atoms with van der Waals surface area (Å²) in [6.45, 7) is 1.82. The number of aliphatic carboxylic acids is 2. The fourth-order valence-electron chi connectivity index (χ4n) is 0.632. The maximum Gasteiger partial charge on any atom is 0.338 e. The molecule has 0 heterocycles. The molecule has 0 aliphatic heterocycles. The van der Waals surface area contributed by atoms with Crippen LogP contribution < -0.4 is 22.9 Å². The normalized spacial score (nSPS) is 12.3. The molecular weight excluding hydrogens is 228 g/mol. The molecule has 8 nitrogen and oxygen atoms in total. The molecule has 0 spiro atoms. The van der Waals surface area contributed by atoms with E-state index in [0.29, 0.717) is 13.0 Å². The van der Waals surface area contributed by atoms with Crippen molar-refractivity contribution in [2.75, 3.05) is 6.54 Å². The van der Waals surface area contributed by atoms with Gasteiger partial charge in [-0.3, -0.25) is 4.79 Å². The summed E-state index contributed by atoms with van der Waals surface area (Å²) >= 11 is 0. The van der Waals surface area contributed by atoms with Crippen LogP contribution in [0.4, 0.5) is 0 Å². The van der Waals surface area contributed by atoms with Crippen molar-refractivity contribution >= 4 is 11.9 Å². The first kappa shape index (κ1) is 18.2. The molecule has 0 amide bonds. The Hall–Kier alpha value is -1.22. The van der Waals surface area contributed by atoms with Gasteiger partial charge in [0.2, 0.25) is 0 Å². The molecule has 102 valence electrons. The minimum Gasteiger partial charge on any atom is -0.480 e. The summed E-state index contributed by atoms with van der Waals surface area (Å²) in [7, 11) is 0. The Morgan fingerprint density at radius 1 is 1.24 bits per heavy atom. The van der Waals surface area contributed by atoms with E-state index < -0.39 is 23.6 Å². The standard InChI is InChI=1S/C6H14N2O2.C3H8N2O2/c7-4-2-1-3-5(8)6(9)10;1-3(4,5)2(6)7/h5H,1-4,7-8H2,(H,9,10);4-5H2,1H3,(H,6,7). The van der Waals surface area contributed by atoms with Gasteiger partial charge in [-0.15, -0.1) is 0 Å². The van der Waals surface area contributed by atoms with Gasteiger partial charge in [0, 0.05) is 0 Å². The summed E-state index contributed by atoms with van der Waals surface area (Å²) in [5, 5.41) is 16.3. The van der Waals surface area contributed by atoms with E-state index in [4.69, 9.17) is 33.1 Å². The van der Waals surface area contributed by atoms with Crippen molar-refractivity contribution < 1.29 is 19.8 Å². The van der Waals surface area contributed by atoms with E-state index in [1.54, 1.807) is 0 Å². The predicted octanol–water partition coefficient (Wildman–Crippen LogP) is -1.77. The van der Waals surface area contributed by atoms with E-state index in [2.05, 4.69) is 0 Å². The molecule has 0 saturated heterocycles. The van der Waals surface area contributed by atoms with Crippen molar-refractivity contribution in [3.8, 4) is 0 Å². The van der Waals surface area contributed by atoms with Crippen LogP contribution in [0.3, 0.4) is 0 Å². The molecule has 0 aromatic rings. The number of nitrogens with two attached hydrogens (primary N) is 4. The average Bonchev–Trinajstić information content (AvgIpc) is 2.17. The zero-order valence-electron chi connectivity index (χ0n) is 9.93. The van der Waals surface area contributed by atoms with Crippen LogP contribution in [-0.2, 0) is 9.59 Å². The highest BCUT2D eigenvalue weighted by Gasteiger charge is 2.20. The van der Waals surface area contributed by atoms with Crippen LogP contribution in [0.5, 0.6) is 0 Å². The second kappa shape index (κ2) is 8.88. The van der Waals surface area contributed by atoms with Crippen LogP contribution >= 0.6 is 0 Å². The van der Waals surface area contributed by atoms with Crippen molar-refractivity contribution in [3.05, 3.63) is 0 Å². The van der Waals surface area contributed by atoms with E-state index >= 15 is 0 Å². The number of hydrogen-bond donors (Lipinski definition) is 6. The Morgan fingerprint density at radius 2 is 1.65 bits per heavy atom. The molecular formula is C9H22N4O4. The lowest BCUT2D eigenvalue weighted by Gasteiger charge is -2.09. The molecule has 0 aliphatic rings. The molecule has 0 bridgehead atoms. The van der Waals surface area contributed by atoms with Crippen molar-refractivity contribution in [2.45, 2.75) is 37.9 Å². The van der Waals surface area contributed by atoms with E-state index in [9.17, 15) is 9.59 Å². The Kier molecular flexibility index (Phi) is 9.48. The van der Waals surface area contributed by atoms with Gasteiger partial charge in [0.15, 0.2) is 5.66 Å². The number of carbonyl (C=O) groups is 2. The van der Waals surface area contributed by atoms with Gasteiger partial charge in [-0.25, -0.2) is 4.79 Å². The van der Waals surface area contributed by atoms with Gasteiger partial charge < -0.3 is 33.1 Å². The van der Waals surface area contributed by atoms with Crippen molar-refractivity contribution in [2.24, 2.45) is 22.9 Å². The lowest BCUT2D eigenvalue weighted by atomic mass is 10.1. The molecule has 0 aromatic carbocycles. The lowest BCUT2D eigenvalue weighted by Crippen LogP contribution is -2.53. The van der Waals surface area contributed by atoms with Crippen LogP contribution in [0.1, 0.15) is 26.2 Å². The first-order chi connectivity index (χ1) is 7.62. The zero-order chi connectivity index (χ0) is 14.1. The Bertz CT molecular complexity index is 240. The molecule has 10 N–H and O–H groups in total. The van der Waals surface area contributed by atoms with Crippen LogP contribution in [0.15, 0.2) is 0 Å². The quantitative estimate of drug-likeness (QED) is 0.237. The lowest BCUT2D eigenvalue weighted by molar-refractivity contribution is -0.142. The molecule has 0 rings (SSSR count). The summed E-state index contributed by atoms with van der Waals surface area (Å²) < 4.78 is 0. The van der Waals surface area contributed by atoms with Crippen LogP contribution in [0.25, 0.3) is 0 Å². The van der Waals surface area contributed by atoms with Gasteiger partial charge in [0.25, 0.3) is 0 Å². The summed E-state index contributed by atoms with van der Waals surface area (Å²) in [6.07, 6.45) is 2.16. The second-order valence-electron chi connectivity index (χ2n) is 3.82. The summed E-state index contributed by atoms with van der Waals surface area (Å²) in [5.41, 5.74) is 18.5. The largest absolute Gasteiger partial charge is 0.480 e. The first-order valence-electron chi connectivity index (χ1n) is 5.12. The molecule has 0 saturated carbocycles. The molecule has 17 heavy (non-hydrogen) atoms. The van der Waals surface area contributed by atoms with Gasteiger partial charge in [-0.2, -0.15) is 0 Å². The van der Waals surface area contributed by atoms with Crippen LogP contribution in [0.2, 0.25) is 0 Å². The summed E-state index contributed by atoms with van der Waals surface area (Å²) in [6, 6.07) is -0.716. The van der Waals surface area contributed by atoms with Crippen molar-refractivity contribution in [1.29, 1.82) is 0 Å². The minimum atomic E-state index is -1.58. The monoisotopic (exact) mass is 250 g/mol. The smallest absolute Gasteiger partial charge is 0.338 e. The Labute approximate surface area is 99.9 Å². The van der Waals surface area contributed by atoms with E-state index in [1.165, 1.54) is 6.92 Å². The number of hydrogen-bond acceptors (Lipinski definition) is 6. The Balaban J connectivity index is 0. The number of carboxylic acids is 2. The molecule has 0 aliphatic carbocycles. The van der Waals surface area contributed by atoms with Crippen LogP contribution in [-0.4, -0.2) is 40.4 Å². The highest BCUT2D eigenvalue weighted by molar-refractivity contribution is 5.76. The van der Waals surface area contributed by atoms with Gasteiger partial charge in [0.05, 0.1) is 0 Å². The molecule has 0 aromatic heterocycles. The van der Waals surface area contributed by atoms with Crippen molar-refractivity contribution in [3.63, 3.8) is 0 Å². The van der Waals surface area contributed by atoms with Gasteiger partial charge >= 0.3 is 11.9 Å². The van der Waals surface area contributed by atoms with Gasteiger partial charge in [-0.05, 0) is 26.3 Å². The molecule has 0 radical (unpaired) electrons. The second-order valence-corrected chi connectivity index (χ2v) is 3.82. The summed E-state index contributed by atoms with van der Waals surface area (Å²) in [4.78, 5) is 19.9. The van der Waals surface area contributed by atoms with E-state index in [-0.39, 0.29) is 0 Å². The van der Waals surface area contributed by atoms with E-state index in [0.717, 1.165) is 12.8 Å². The molecule has 1 atom stereocenters. The SMILES string of the molecule is CC(N)(N)C(=O)O.NCCCCC(N)C(=O)O. The topological polar surface area (TPSA) is 179 Å². The van der Waals surface area contributed by atoms with Gasteiger partial charge in [-0.1, -0.05) is 6.42 Å². The maximum atomic E-state index is 10.1. The zero-order valence-corrected chi connectivity index (χ0v) is 9.93.